The summed E-state index contributed by atoms with van der Waals surface area (Å²) < 4.78 is 0. The van der Waals surface area contributed by atoms with Gasteiger partial charge in [0.1, 0.15) is 0 Å². The van der Waals surface area contributed by atoms with Gasteiger partial charge in [0, 0.05) is 32.7 Å². The normalized spacial score (nSPS) is 23.0. The molecule has 1 atom stereocenters. The molecule has 2 aliphatic rings. The lowest BCUT2D eigenvalue weighted by atomic mass is 10.00. The standard InChI is InChI=1S/C21H33N3O/c1-3-10-23-11-5-4-9-20(23)21(25)24-14-12-22(13-15-24)17-19-8-6-7-18(2)16-19/h6-8,16,20H,3-5,9-15,17H2,1-2H3. The first-order valence-electron chi connectivity index (χ1n) is 9.98. The van der Waals surface area contributed by atoms with Crippen LogP contribution in [0.4, 0.5) is 0 Å². The first kappa shape index (κ1) is 18.4. The molecule has 2 heterocycles. The number of amides is 1. The largest absolute Gasteiger partial charge is 0.339 e. The second-order valence-corrected chi connectivity index (χ2v) is 7.64. The van der Waals surface area contributed by atoms with Crippen LogP contribution in [0.5, 0.6) is 0 Å². The summed E-state index contributed by atoms with van der Waals surface area (Å²) in [6.07, 6.45) is 4.62. The van der Waals surface area contributed by atoms with E-state index in [1.807, 2.05) is 0 Å². The number of aryl methyl sites for hydroxylation is 1. The van der Waals surface area contributed by atoms with Gasteiger partial charge < -0.3 is 4.90 Å². The first-order valence-corrected chi connectivity index (χ1v) is 9.98. The summed E-state index contributed by atoms with van der Waals surface area (Å²) in [7, 11) is 0. The Bertz CT molecular complexity index is 564. The van der Waals surface area contributed by atoms with Gasteiger partial charge in [0.2, 0.25) is 5.91 Å². The third-order valence-electron chi connectivity index (χ3n) is 5.58. The van der Waals surface area contributed by atoms with Gasteiger partial charge in [-0.25, -0.2) is 0 Å². The molecule has 0 radical (unpaired) electrons. The molecular formula is C21H33N3O. The Kier molecular flexibility index (Phi) is 6.49. The SMILES string of the molecule is CCCN1CCCCC1C(=O)N1CCN(Cc2cccc(C)c2)CC1. The van der Waals surface area contributed by atoms with Gasteiger partial charge in [0.05, 0.1) is 6.04 Å². The van der Waals surface area contributed by atoms with Crippen molar-refractivity contribution in [3.8, 4) is 0 Å². The van der Waals surface area contributed by atoms with Crippen molar-refractivity contribution in [3.05, 3.63) is 35.4 Å². The average molecular weight is 344 g/mol. The van der Waals surface area contributed by atoms with Crippen molar-refractivity contribution >= 4 is 5.91 Å². The third kappa shape index (κ3) is 4.83. The summed E-state index contributed by atoms with van der Waals surface area (Å²) in [5.74, 6) is 0.378. The van der Waals surface area contributed by atoms with Crippen LogP contribution >= 0.6 is 0 Å². The Labute approximate surface area is 152 Å². The highest BCUT2D eigenvalue weighted by molar-refractivity contribution is 5.82. The Morgan fingerprint density at radius 2 is 1.92 bits per heavy atom. The molecule has 1 aromatic rings. The minimum absolute atomic E-state index is 0.136. The molecule has 0 spiro atoms. The summed E-state index contributed by atoms with van der Waals surface area (Å²) in [4.78, 5) is 20.0. The van der Waals surface area contributed by atoms with Gasteiger partial charge in [-0.2, -0.15) is 0 Å². The molecule has 0 saturated carbocycles. The summed E-state index contributed by atoms with van der Waals surface area (Å²) >= 11 is 0. The number of carbonyl (C=O) groups is 1. The van der Waals surface area contributed by atoms with E-state index in [1.54, 1.807) is 0 Å². The van der Waals surface area contributed by atoms with E-state index in [0.717, 1.165) is 58.7 Å². The van der Waals surface area contributed by atoms with E-state index in [9.17, 15) is 4.79 Å². The lowest BCUT2D eigenvalue weighted by Gasteiger charge is -2.40. The molecule has 2 fully saturated rings. The topological polar surface area (TPSA) is 26.8 Å². The van der Waals surface area contributed by atoms with Crippen molar-refractivity contribution in [2.24, 2.45) is 0 Å². The van der Waals surface area contributed by atoms with E-state index in [-0.39, 0.29) is 6.04 Å². The number of hydrogen-bond donors (Lipinski definition) is 0. The number of hydrogen-bond acceptors (Lipinski definition) is 3. The molecule has 0 N–H and O–H groups in total. The molecule has 1 amide bonds. The predicted molar refractivity (Wildman–Crippen MR) is 103 cm³/mol. The van der Waals surface area contributed by atoms with Gasteiger partial charge >= 0.3 is 0 Å². The second-order valence-electron chi connectivity index (χ2n) is 7.64. The van der Waals surface area contributed by atoms with Gasteiger partial charge in [0.15, 0.2) is 0 Å². The van der Waals surface area contributed by atoms with Gasteiger partial charge in [-0.05, 0) is 44.8 Å². The quantitative estimate of drug-likeness (QED) is 0.822. The maximum absolute atomic E-state index is 13.0. The van der Waals surface area contributed by atoms with Crippen molar-refractivity contribution in [2.75, 3.05) is 39.3 Å². The monoisotopic (exact) mass is 343 g/mol. The molecule has 1 unspecified atom stereocenters. The number of benzene rings is 1. The van der Waals surface area contributed by atoms with Gasteiger partial charge in [-0.1, -0.05) is 43.2 Å². The molecule has 3 rings (SSSR count). The Balaban J connectivity index is 1.51. The summed E-state index contributed by atoms with van der Waals surface area (Å²) in [5, 5.41) is 0. The minimum Gasteiger partial charge on any atom is -0.339 e. The van der Waals surface area contributed by atoms with Gasteiger partial charge in [-0.3, -0.25) is 14.6 Å². The number of nitrogens with zero attached hydrogens (tertiary/aromatic N) is 3. The zero-order chi connectivity index (χ0) is 17.6. The van der Waals surface area contributed by atoms with Crippen LogP contribution in [0.2, 0.25) is 0 Å². The fourth-order valence-corrected chi connectivity index (χ4v) is 4.23. The summed E-state index contributed by atoms with van der Waals surface area (Å²) in [6.45, 7) is 11.2. The van der Waals surface area contributed by atoms with E-state index in [4.69, 9.17) is 0 Å². The summed E-state index contributed by atoms with van der Waals surface area (Å²) in [6, 6.07) is 8.89. The number of piperazine rings is 1. The van der Waals surface area contributed by atoms with Crippen LogP contribution in [-0.4, -0.2) is 65.9 Å². The maximum atomic E-state index is 13.0. The Hall–Kier alpha value is -1.39. The van der Waals surface area contributed by atoms with Crippen molar-refractivity contribution < 1.29 is 4.79 Å². The smallest absolute Gasteiger partial charge is 0.240 e. The second kappa shape index (κ2) is 8.81. The van der Waals surface area contributed by atoms with Crippen LogP contribution in [-0.2, 0) is 11.3 Å². The van der Waals surface area contributed by atoms with Gasteiger partial charge in [0.25, 0.3) is 0 Å². The van der Waals surface area contributed by atoms with E-state index >= 15 is 0 Å². The highest BCUT2D eigenvalue weighted by atomic mass is 16.2. The minimum atomic E-state index is 0.136. The van der Waals surface area contributed by atoms with Crippen molar-refractivity contribution in [2.45, 2.75) is 52.1 Å². The first-order chi connectivity index (χ1) is 12.2. The van der Waals surface area contributed by atoms with Crippen LogP contribution in [0, 0.1) is 6.92 Å². The zero-order valence-corrected chi connectivity index (χ0v) is 15.9. The average Bonchev–Trinajstić information content (AvgIpc) is 2.63. The van der Waals surface area contributed by atoms with Crippen molar-refractivity contribution in [1.82, 2.24) is 14.7 Å². The molecule has 1 aromatic carbocycles. The van der Waals surface area contributed by atoms with Gasteiger partial charge in [-0.15, -0.1) is 0 Å². The Morgan fingerprint density at radius 1 is 1.12 bits per heavy atom. The van der Waals surface area contributed by atoms with E-state index < -0.39 is 0 Å². The molecule has 4 nitrogen and oxygen atoms in total. The molecule has 138 valence electrons. The van der Waals surface area contributed by atoms with Crippen LogP contribution in [0.25, 0.3) is 0 Å². The Morgan fingerprint density at radius 3 is 2.64 bits per heavy atom. The number of piperidine rings is 1. The van der Waals surface area contributed by atoms with E-state index in [0.29, 0.717) is 5.91 Å². The predicted octanol–water partition coefficient (Wildman–Crippen LogP) is 2.90. The number of rotatable bonds is 5. The number of likely N-dealkylation sites (tertiary alicyclic amines) is 1. The van der Waals surface area contributed by atoms with E-state index in [2.05, 4.69) is 52.8 Å². The lowest BCUT2D eigenvalue weighted by molar-refractivity contribution is -0.140. The number of carbonyl (C=O) groups excluding carboxylic acids is 1. The van der Waals surface area contributed by atoms with Crippen LogP contribution < -0.4 is 0 Å². The van der Waals surface area contributed by atoms with E-state index in [1.165, 1.54) is 24.0 Å². The fourth-order valence-electron chi connectivity index (χ4n) is 4.23. The molecule has 4 heteroatoms. The molecule has 0 bridgehead atoms. The van der Waals surface area contributed by atoms with Crippen LogP contribution in [0.1, 0.15) is 43.7 Å². The third-order valence-corrected chi connectivity index (χ3v) is 5.58. The molecular weight excluding hydrogens is 310 g/mol. The lowest BCUT2D eigenvalue weighted by Crippen LogP contribution is -2.56. The molecule has 0 aliphatic carbocycles. The van der Waals surface area contributed by atoms with Crippen molar-refractivity contribution in [1.29, 1.82) is 0 Å². The molecule has 25 heavy (non-hydrogen) atoms. The highest BCUT2D eigenvalue weighted by Gasteiger charge is 2.32. The zero-order valence-electron chi connectivity index (χ0n) is 15.9. The molecule has 2 saturated heterocycles. The molecule has 2 aliphatic heterocycles. The van der Waals surface area contributed by atoms with Crippen LogP contribution in [0.15, 0.2) is 24.3 Å². The highest BCUT2D eigenvalue weighted by Crippen LogP contribution is 2.20. The van der Waals surface area contributed by atoms with Crippen LogP contribution in [0.3, 0.4) is 0 Å². The molecule has 0 aromatic heterocycles. The fraction of sp³-hybridized carbons (Fsp3) is 0.667. The summed E-state index contributed by atoms with van der Waals surface area (Å²) in [5.41, 5.74) is 2.70. The maximum Gasteiger partial charge on any atom is 0.240 e. The van der Waals surface area contributed by atoms with Crippen molar-refractivity contribution in [3.63, 3.8) is 0 Å².